The highest BCUT2D eigenvalue weighted by molar-refractivity contribution is 6.74. The number of rotatable bonds is 12. The highest BCUT2D eigenvalue weighted by Crippen LogP contribution is 2.36. The third kappa shape index (κ3) is 13.6. The predicted molar refractivity (Wildman–Crippen MR) is 115 cm³/mol. The smallest absolute Gasteiger partial charge is 0.330 e. The summed E-state index contributed by atoms with van der Waals surface area (Å²) in [7, 11) is -1.56. The Bertz CT molecular complexity index is 414. The first-order chi connectivity index (χ1) is 11.9. The quantitative estimate of drug-likeness (QED) is 0.157. The molecule has 0 aromatic heterocycles. The van der Waals surface area contributed by atoms with Crippen molar-refractivity contribution in [2.45, 2.75) is 117 Å². The molecule has 0 aromatic rings. The number of hydrogen-bond acceptors (Lipinski definition) is 3. The number of carbonyl (C=O) groups excluding carboxylic acids is 1. The van der Waals surface area contributed by atoms with Gasteiger partial charge in [0.2, 0.25) is 0 Å². The molecule has 0 aliphatic heterocycles. The summed E-state index contributed by atoms with van der Waals surface area (Å²) in [6.45, 7) is 18.1. The zero-order chi connectivity index (χ0) is 20.3. The van der Waals surface area contributed by atoms with Crippen molar-refractivity contribution in [3.05, 3.63) is 12.2 Å². The molecule has 0 saturated carbocycles. The van der Waals surface area contributed by atoms with Crippen molar-refractivity contribution in [3.8, 4) is 0 Å². The molecule has 0 radical (unpaired) electrons. The van der Waals surface area contributed by atoms with Gasteiger partial charge in [-0.3, -0.25) is 0 Å². The molecule has 0 unspecified atom stereocenters. The summed E-state index contributed by atoms with van der Waals surface area (Å²) in [6.07, 6.45) is 13.2. The molecule has 154 valence electrons. The van der Waals surface area contributed by atoms with E-state index < -0.39 is 13.9 Å². The molecule has 0 aliphatic carbocycles. The van der Waals surface area contributed by atoms with E-state index in [0.29, 0.717) is 5.04 Å². The van der Waals surface area contributed by atoms with Gasteiger partial charge in [-0.2, -0.15) is 0 Å². The van der Waals surface area contributed by atoms with Gasteiger partial charge < -0.3 is 9.16 Å². The van der Waals surface area contributed by atoms with Gasteiger partial charge in [0.1, 0.15) is 5.60 Å². The molecule has 0 bridgehead atoms. The highest BCUT2D eigenvalue weighted by Gasteiger charge is 2.36. The van der Waals surface area contributed by atoms with Crippen LogP contribution in [0.4, 0.5) is 0 Å². The van der Waals surface area contributed by atoms with E-state index in [0.717, 1.165) is 19.4 Å². The summed E-state index contributed by atoms with van der Waals surface area (Å²) < 4.78 is 11.4. The summed E-state index contributed by atoms with van der Waals surface area (Å²) in [5.74, 6) is -0.239. The Morgan fingerprint density at radius 3 is 1.85 bits per heavy atom. The van der Waals surface area contributed by atoms with Gasteiger partial charge in [-0.15, -0.1) is 0 Å². The first-order valence-electron chi connectivity index (χ1n) is 10.4. The lowest BCUT2D eigenvalue weighted by molar-refractivity contribution is -0.148. The monoisotopic (exact) mass is 384 g/mol. The summed E-state index contributed by atoms with van der Waals surface area (Å²) in [4.78, 5) is 11.5. The normalized spacial score (nSPS) is 13.4. The average molecular weight is 385 g/mol. The van der Waals surface area contributed by atoms with Gasteiger partial charge in [-0.1, -0.05) is 59.0 Å². The Hall–Kier alpha value is -0.613. The van der Waals surface area contributed by atoms with E-state index in [2.05, 4.69) is 33.9 Å². The van der Waals surface area contributed by atoms with Crippen LogP contribution >= 0.6 is 0 Å². The molecule has 0 saturated heterocycles. The molecule has 0 heterocycles. The zero-order valence-electron chi connectivity index (χ0n) is 18.7. The summed E-state index contributed by atoms with van der Waals surface area (Å²) in [6, 6.07) is 0. The van der Waals surface area contributed by atoms with Crippen molar-refractivity contribution in [2.24, 2.45) is 0 Å². The van der Waals surface area contributed by atoms with Crippen LogP contribution in [-0.2, 0) is 14.0 Å². The standard InChI is InChI=1S/C22H44O3Si/c1-21(2,3)25-20(23)18-16-14-12-10-9-11-13-15-17-19-24-26(7,8)22(4,5)6/h16,18H,9-15,17,19H2,1-8H3/b18-16+. The Morgan fingerprint density at radius 2 is 1.35 bits per heavy atom. The van der Waals surface area contributed by atoms with Crippen molar-refractivity contribution < 1.29 is 14.0 Å². The Balaban J connectivity index is 3.51. The summed E-state index contributed by atoms with van der Waals surface area (Å²) in [5, 5.41) is 0.310. The first kappa shape index (κ1) is 25.4. The van der Waals surface area contributed by atoms with Crippen molar-refractivity contribution >= 4 is 14.3 Å². The molecule has 0 amide bonds. The van der Waals surface area contributed by atoms with E-state index in [-0.39, 0.29) is 5.97 Å². The third-order valence-electron chi connectivity index (χ3n) is 4.94. The van der Waals surface area contributed by atoms with Crippen LogP contribution in [0.2, 0.25) is 18.1 Å². The Labute approximate surface area is 164 Å². The van der Waals surface area contributed by atoms with Gasteiger partial charge in [-0.05, 0) is 58.2 Å². The van der Waals surface area contributed by atoms with Gasteiger partial charge in [0.15, 0.2) is 8.32 Å². The Morgan fingerprint density at radius 1 is 0.846 bits per heavy atom. The summed E-state index contributed by atoms with van der Waals surface area (Å²) in [5.41, 5.74) is -0.406. The van der Waals surface area contributed by atoms with Gasteiger partial charge in [0.25, 0.3) is 0 Å². The van der Waals surface area contributed by atoms with Gasteiger partial charge in [-0.25, -0.2) is 4.79 Å². The molecule has 0 aromatic carbocycles. The molecule has 0 rings (SSSR count). The number of ether oxygens (including phenoxy) is 1. The van der Waals surface area contributed by atoms with Crippen molar-refractivity contribution in [3.63, 3.8) is 0 Å². The third-order valence-corrected chi connectivity index (χ3v) is 9.48. The van der Waals surface area contributed by atoms with Crippen molar-refractivity contribution in [2.75, 3.05) is 6.61 Å². The average Bonchev–Trinajstić information content (AvgIpc) is 2.45. The van der Waals surface area contributed by atoms with Crippen LogP contribution < -0.4 is 0 Å². The van der Waals surface area contributed by atoms with E-state index in [1.165, 1.54) is 38.5 Å². The van der Waals surface area contributed by atoms with Crippen LogP contribution in [0.15, 0.2) is 12.2 Å². The van der Waals surface area contributed by atoms with Crippen LogP contribution in [0, 0.1) is 0 Å². The Kier molecular flexibility index (Phi) is 11.7. The predicted octanol–water partition coefficient (Wildman–Crippen LogP) is 7.03. The van der Waals surface area contributed by atoms with Gasteiger partial charge in [0, 0.05) is 12.7 Å². The van der Waals surface area contributed by atoms with E-state index >= 15 is 0 Å². The fourth-order valence-electron chi connectivity index (χ4n) is 2.31. The van der Waals surface area contributed by atoms with E-state index in [1.807, 2.05) is 26.8 Å². The van der Waals surface area contributed by atoms with E-state index in [1.54, 1.807) is 6.08 Å². The molecule has 4 heteroatoms. The van der Waals surface area contributed by atoms with Crippen LogP contribution in [0.1, 0.15) is 92.9 Å². The number of unbranched alkanes of at least 4 members (excludes halogenated alkanes) is 7. The largest absolute Gasteiger partial charge is 0.457 e. The van der Waals surface area contributed by atoms with Crippen molar-refractivity contribution in [1.82, 2.24) is 0 Å². The van der Waals surface area contributed by atoms with Crippen LogP contribution in [0.25, 0.3) is 0 Å². The molecule has 0 fully saturated rings. The molecular weight excluding hydrogens is 340 g/mol. The number of allylic oxidation sites excluding steroid dienone is 1. The van der Waals surface area contributed by atoms with Gasteiger partial charge >= 0.3 is 5.97 Å². The topological polar surface area (TPSA) is 35.5 Å². The van der Waals surface area contributed by atoms with E-state index in [4.69, 9.17) is 9.16 Å². The summed E-state index contributed by atoms with van der Waals surface area (Å²) >= 11 is 0. The second-order valence-electron chi connectivity index (χ2n) is 9.81. The van der Waals surface area contributed by atoms with Crippen LogP contribution in [0.3, 0.4) is 0 Å². The molecular formula is C22H44O3Si. The number of hydrogen-bond donors (Lipinski definition) is 0. The maximum atomic E-state index is 11.5. The lowest BCUT2D eigenvalue weighted by atomic mass is 10.1. The molecule has 0 spiro atoms. The van der Waals surface area contributed by atoms with Crippen LogP contribution in [0.5, 0.6) is 0 Å². The minimum atomic E-state index is -1.56. The van der Waals surface area contributed by atoms with Crippen molar-refractivity contribution in [1.29, 1.82) is 0 Å². The van der Waals surface area contributed by atoms with E-state index in [9.17, 15) is 4.79 Å². The minimum Gasteiger partial charge on any atom is -0.457 e. The number of carbonyl (C=O) groups is 1. The molecule has 3 nitrogen and oxygen atoms in total. The second-order valence-corrected chi connectivity index (χ2v) is 14.6. The number of esters is 1. The molecule has 0 N–H and O–H groups in total. The lowest BCUT2D eigenvalue weighted by Crippen LogP contribution is -2.40. The first-order valence-corrected chi connectivity index (χ1v) is 13.3. The SMILES string of the molecule is CC(C)(C)OC(=O)/C=C/CCCCCCCCCO[Si](C)(C)C(C)(C)C. The molecule has 0 aliphatic rings. The second kappa shape index (κ2) is 12.0. The molecule has 26 heavy (non-hydrogen) atoms. The van der Waals surface area contributed by atoms with Gasteiger partial charge in [0.05, 0.1) is 0 Å². The fourth-order valence-corrected chi connectivity index (χ4v) is 3.39. The lowest BCUT2D eigenvalue weighted by Gasteiger charge is -2.36. The fraction of sp³-hybridized carbons (Fsp3) is 0.864. The maximum absolute atomic E-state index is 11.5. The minimum absolute atomic E-state index is 0.239. The zero-order valence-corrected chi connectivity index (χ0v) is 19.7. The maximum Gasteiger partial charge on any atom is 0.330 e. The highest BCUT2D eigenvalue weighted by atomic mass is 28.4. The van der Waals surface area contributed by atoms with Crippen LogP contribution in [-0.4, -0.2) is 26.5 Å². The molecule has 0 atom stereocenters.